The van der Waals surface area contributed by atoms with Crippen LogP contribution < -0.4 is 0 Å². The van der Waals surface area contributed by atoms with E-state index in [2.05, 4.69) is 5.10 Å². The van der Waals surface area contributed by atoms with Crippen molar-refractivity contribution in [3.63, 3.8) is 0 Å². The topological polar surface area (TPSA) is 38.0 Å². The Kier molecular flexibility index (Phi) is 3.41. The van der Waals surface area contributed by atoms with E-state index >= 15 is 0 Å². The van der Waals surface area contributed by atoms with Gasteiger partial charge in [0, 0.05) is 6.20 Å². The van der Waals surface area contributed by atoms with Gasteiger partial charge in [0.15, 0.2) is 0 Å². The van der Waals surface area contributed by atoms with Gasteiger partial charge in [-0.1, -0.05) is 25.7 Å². The zero-order chi connectivity index (χ0) is 10.7. The summed E-state index contributed by atoms with van der Waals surface area (Å²) in [5, 5.41) is 14.2. The Morgan fingerprint density at radius 1 is 1.53 bits per heavy atom. The molecule has 1 aromatic rings. The van der Waals surface area contributed by atoms with E-state index in [-0.39, 0.29) is 6.10 Å². The fraction of sp³-hybridized carbons (Fsp3) is 0.750. The number of aliphatic hydroxyl groups excluding tert-OH is 1. The normalized spacial score (nSPS) is 19.6. The van der Waals surface area contributed by atoms with E-state index in [0.717, 1.165) is 18.0 Å². The molecule has 2 rings (SSSR count). The number of nitrogens with zero attached hydrogens (tertiary/aromatic N) is 2. The fourth-order valence-corrected chi connectivity index (χ4v) is 2.49. The van der Waals surface area contributed by atoms with Crippen LogP contribution in [0.3, 0.4) is 0 Å². The highest BCUT2D eigenvalue weighted by atomic mass is 16.3. The minimum atomic E-state index is -0.229. The second kappa shape index (κ2) is 4.79. The molecule has 1 saturated carbocycles. The molecule has 0 aliphatic heterocycles. The van der Waals surface area contributed by atoms with E-state index in [9.17, 15) is 5.11 Å². The van der Waals surface area contributed by atoms with Gasteiger partial charge in [-0.05, 0) is 25.3 Å². The van der Waals surface area contributed by atoms with Crippen molar-refractivity contribution in [1.29, 1.82) is 0 Å². The van der Waals surface area contributed by atoms with Crippen molar-refractivity contribution < 1.29 is 5.11 Å². The molecule has 1 fully saturated rings. The number of rotatable bonds is 4. The lowest BCUT2D eigenvalue weighted by atomic mass is 10.0. The highest BCUT2D eigenvalue weighted by Crippen LogP contribution is 2.28. The van der Waals surface area contributed by atoms with Crippen molar-refractivity contribution in [1.82, 2.24) is 9.78 Å². The van der Waals surface area contributed by atoms with Crippen LogP contribution in [0.2, 0.25) is 0 Å². The van der Waals surface area contributed by atoms with E-state index in [0.29, 0.717) is 6.54 Å². The molecule has 15 heavy (non-hydrogen) atoms. The van der Waals surface area contributed by atoms with Crippen molar-refractivity contribution in [2.24, 2.45) is 5.92 Å². The summed E-state index contributed by atoms with van der Waals surface area (Å²) in [5.74, 6) is 0.747. The molecule has 3 nitrogen and oxygen atoms in total. The summed E-state index contributed by atoms with van der Waals surface area (Å²) in [4.78, 5) is 0. The molecule has 1 aliphatic carbocycles. The minimum Gasteiger partial charge on any atom is -0.391 e. The average Bonchev–Trinajstić information content (AvgIpc) is 2.77. The van der Waals surface area contributed by atoms with Gasteiger partial charge < -0.3 is 5.11 Å². The minimum absolute atomic E-state index is 0.229. The van der Waals surface area contributed by atoms with Crippen molar-refractivity contribution in [3.8, 4) is 0 Å². The first-order chi connectivity index (χ1) is 7.24. The van der Waals surface area contributed by atoms with Gasteiger partial charge in [0.1, 0.15) is 0 Å². The quantitative estimate of drug-likeness (QED) is 0.823. The molecule has 84 valence electrons. The molecular weight excluding hydrogens is 188 g/mol. The third-order valence-corrected chi connectivity index (χ3v) is 3.25. The Morgan fingerprint density at radius 2 is 2.27 bits per heavy atom. The third kappa shape index (κ3) is 3.06. The van der Waals surface area contributed by atoms with Gasteiger partial charge in [-0.25, -0.2) is 0 Å². The zero-order valence-electron chi connectivity index (χ0n) is 9.39. The summed E-state index contributed by atoms with van der Waals surface area (Å²) < 4.78 is 1.84. The number of hydrogen-bond acceptors (Lipinski definition) is 2. The van der Waals surface area contributed by atoms with Gasteiger partial charge in [0.2, 0.25) is 0 Å². The van der Waals surface area contributed by atoms with Crippen LogP contribution in [0.25, 0.3) is 0 Å². The van der Waals surface area contributed by atoms with Gasteiger partial charge in [0.05, 0.1) is 18.3 Å². The highest BCUT2D eigenvalue weighted by Gasteiger charge is 2.19. The lowest BCUT2D eigenvalue weighted by molar-refractivity contribution is 0.120. The Labute approximate surface area is 91.1 Å². The van der Waals surface area contributed by atoms with E-state index < -0.39 is 0 Å². The van der Waals surface area contributed by atoms with Crippen molar-refractivity contribution in [2.75, 3.05) is 0 Å². The monoisotopic (exact) mass is 208 g/mol. The Bertz CT molecular complexity index is 302. The van der Waals surface area contributed by atoms with Crippen LogP contribution in [-0.2, 0) is 6.54 Å². The van der Waals surface area contributed by atoms with Crippen LogP contribution in [0.4, 0.5) is 0 Å². The first-order valence-corrected chi connectivity index (χ1v) is 5.92. The second-order valence-corrected chi connectivity index (χ2v) is 4.72. The molecule has 0 aromatic carbocycles. The van der Waals surface area contributed by atoms with Gasteiger partial charge in [-0.3, -0.25) is 4.68 Å². The molecule has 1 unspecified atom stereocenters. The molecular formula is C12H20N2O. The Hall–Kier alpha value is -0.830. The van der Waals surface area contributed by atoms with E-state index in [1.165, 1.54) is 25.7 Å². The highest BCUT2D eigenvalue weighted by molar-refractivity contribution is 4.94. The smallest absolute Gasteiger partial charge is 0.0738 e. The van der Waals surface area contributed by atoms with Crippen molar-refractivity contribution in [3.05, 3.63) is 18.0 Å². The van der Waals surface area contributed by atoms with Crippen LogP contribution in [0.15, 0.2) is 12.3 Å². The summed E-state index contributed by atoms with van der Waals surface area (Å²) in [5.41, 5.74) is 1.02. The second-order valence-electron chi connectivity index (χ2n) is 4.72. The molecule has 0 saturated heterocycles. The fourth-order valence-electron chi connectivity index (χ4n) is 2.49. The number of aromatic nitrogens is 2. The van der Waals surface area contributed by atoms with Gasteiger partial charge in [0.25, 0.3) is 0 Å². The van der Waals surface area contributed by atoms with Crippen LogP contribution in [0.1, 0.15) is 37.8 Å². The molecule has 1 atom stereocenters. The molecule has 1 aliphatic rings. The first kappa shape index (κ1) is 10.7. The molecule has 1 aromatic heterocycles. The van der Waals surface area contributed by atoms with Crippen LogP contribution in [0.5, 0.6) is 0 Å². The summed E-state index contributed by atoms with van der Waals surface area (Å²) in [6, 6.07) is 1.97. The predicted molar refractivity (Wildman–Crippen MR) is 59.5 cm³/mol. The van der Waals surface area contributed by atoms with E-state index in [1.807, 2.05) is 23.9 Å². The average molecular weight is 208 g/mol. The van der Waals surface area contributed by atoms with Crippen molar-refractivity contribution in [2.45, 2.75) is 51.7 Å². The molecule has 0 amide bonds. The molecule has 0 bridgehead atoms. The standard InChI is InChI=1S/C12H20N2O/c1-10-6-7-14(13-10)9-12(15)8-11-4-2-3-5-11/h6-7,11-12,15H,2-5,8-9H2,1H3. The zero-order valence-corrected chi connectivity index (χ0v) is 9.39. The van der Waals surface area contributed by atoms with E-state index in [1.54, 1.807) is 0 Å². The number of hydrogen-bond donors (Lipinski definition) is 1. The van der Waals surface area contributed by atoms with Gasteiger partial charge in [-0.15, -0.1) is 0 Å². The number of aryl methyl sites for hydroxylation is 1. The maximum absolute atomic E-state index is 9.91. The van der Waals surface area contributed by atoms with Crippen LogP contribution >= 0.6 is 0 Å². The summed E-state index contributed by atoms with van der Waals surface area (Å²) in [7, 11) is 0. The SMILES string of the molecule is Cc1ccn(CC(O)CC2CCCC2)n1. The maximum atomic E-state index is 9.91. The van der Waals surface area contributed by atoms with Gasteiger partial charge in [-0.2, -0.15) is 5.10 Å². The van der Waals surface area contributed by atoms with Crippen LogP contribution in [-0.4, -0.2) is 21.0 Å². The lowest BCUT2D eigenvalue weighted by Crippen LogP contribution is -2.19. The van der Waals surface area contributed by atoms with Crippen molar-refractivity contribution >= 4 is 0 Å². The number of aliphatic hydroxyl groups is 1. The Balaban J connectivity index is 1.78. The largest absolute Gasteiger partial charge is 0.391 e. The van der Waals surface area contributed by atoms with Gasteiger partial charge >= 0.3 is 0 Å². The molecule has 0 spiro atoms. The third-order valence-electron chi connectivity index (χ3n) is 3.25. The molecule has 0 radical (unpaired) electrons. The van der Waals surface area contributed by atoms with E-state index in [4.69, 9.17) is 0 Å². The molecule has 1 N–H and O–H groups in total. The molecule has 3 heteroatoms. The predicted octanol–water partition coefficient (Wildman–Crippen LogP) is 2.13. The first-order valence-electron chi connectivity index (χ1n) is 5.92. The summed E-state index contributed by atoms with van der Waals surface area (Å²) in [6.45, 7) is 2.62. The lowest BCUT2D eigenvalue weighted by Gasteiger charge is -2.15. The maximum Gasteiger partial charge on any atom is 0.0738 e. The summed E-state index contributed by atoms with van der Waals surface area (Å²) >= 11 is 0. The molecule has 1 heterocycles. The van der Waals surface area contributed by atoms with Crippen LogP contribution in [0, 0.1) is 12.8 Å². The Morgan fingerprint density at radius 3 is 2.87 bits per heavy atom. The summed E-state index contributed by atoms with van der Waals surface area (Å²) in [6.07, 6.45) is 7.94.